The van der Waals surface area contributed by atoms with Crippen LogP contribution in [0, 0.1) is 17.7 Å². The molecule has 5 atom stereocenters. The Kier molecular flexibility index (Phi) is 2.86. The molecule has 1 fully saturated rings. The molecule has 2 aliphatic heterocycles. The minimum Gasteiger partial charge on any atom is -0.493 e. The fourth-order valence-corrected chi connectivity index (χ4v) is 2.96. The van der Waals surface area contributed by atoms with Gasteiger partial charge in [-0.25, -0.2) is 0 Å². The first-order chi connectivity index (χ1) is 21.2. The normalized spacial score (nSPS) is 47.7. The second-order valence-corrected chi connectivity index (χ2v) is 7.20. The Bertz CT molecular complexity index is 1460. The van der Waals surface area contributed by atoms with E-state index in [1.165, 1.54) is 13.8 Å². The maximum absolute atomic E-state index is 13.4. The van der Waals surface area contributed by atoms with E-state index in [2.05, 4.69) is 0 Å². The lowest BCUT2D eigenvalue weighted by molar-refractivity contribution is -0.160. The first-order valence-corrected chi connectivity index (χ1v) is 9.36. The molecule has 1 saturated heterocycles. The molecule has 0 aromatic heterocycles. The van der Waals surface area contributed by atoms with Gasteiger partial charge in [-0.2, -0.15) is 0 Å². The Labute approximate surface area is 206 Å². The molecule has 0 amide bonds. The molecule has 2 aliphatic rings. The second-order valence-electron chi connectivity index (χ2n) is 7.20. The molecule has 0 saturated carbocycles. The quantitative estimate of drug-likeness (QED) is 0.659. The number of piperidine rings is 1. The first-order valence-electron chi connectivity index (χ1n) is 18.4. The number of carbonyl (C=O) groups is 1. The van der Waals surface area contributed by atoms with Gasteiger partial charge in [-0.05, 0) is 47.8 Å². The number of fused-ring (bicyclic) bond motifs is 3. The average molecular weight is 437 g/mol. The standard InChI is InChI=1S/C24H38N2O4/c1-14(2)9-17-13-26-8-7-16-10-21(28-5)22(29-6)11-18(16)19(26)12-20(17)30-24(27)23(25)15(3)4/h10-11,14-15,17,19-20,23H,7-9,12-13,25H2,1-6H3/t17?,19?,20?,23-/m0/s1/i1D3,5D3,9D2,10D,11D,12D2,13D2,14D,17D,19D,20D/t14?,17?,19?,20?,23-. The molecule has 2 N–H and O–H groups in total. The van der Waals surface area contributed by atoms with Crippen molar-refractivity contribution in [1.29, 1.82) is 0 Å². The molecule has 0 spiro atoms. The number of methoxy groups -OCH3 is 2. The van der Waals surface area contributed by atoms with E-state index in [0.717, 1.165) is 7.11 Å². The van der Waals surface area contributed by atoms with Crippen LogP contribution in [-0.4, -0.2) is 50.2 Å². The lowest BCUT2D eigenvalue weighted by Crippen LogP contribution is -2.51. The van der Waals surface area contributed by atoms with Crippen LogP contribution in [0.1, 0.15) is 82.2 Å². The van der Waals surface area contributed by atoms with Gasteiger partial charge in [0.25, 0.3) is 0 Å². The van der Waals surface area contributed by atoms with Crippen LogP contribution in [0.25, 0.3) is 0 Å². The Balaban J connectivity index is 2.60. The number of carbonyl (C=O) groups excluding carboxylic acids is 1. The zero-order chi connectivity index (χ0) is 37.8. The Morgan fingerprint density at radius 1 is 1.47 bits per heavy atom. The third kappa shape index (κ3) is 4.75. The molecule has 0 aliphatic carbocycles. The van der Waals surface area contributed by atoms with Crippen LogP contribution >= 0.6 is 0 Å². The molecular weight excluding hydrogens is 380 g/mol. The zero-order valence-corrected chi connectivity index (χ0v) is 17.2. The van der Waals surface area contributed by atoms with Gasteiger partial charge in [0.05, 0.1) is 23.7 Å². The molecule has 6 nitrogen and oxygen atoms in total. The van der Waals surface area contributed by atoms with Crippen molar-refractivity contribution >= 4 is 5.97 Å². The Morgan fingerprint density at radius 3 is 2.90 bits per heavy atom. The van der Waals surface area contributed by atoms with E-state index in [9.17, 15) is 14.4 Å². The summed E-state index contributed by atoms with van der Waals surface area (Å²) < 4.78 is 171. The number of benzene rings is 1. The molecule has 2 heterocycles. The van der Waals surface area contributed by atoms with Crippen LogP contribution in [-0.2, 0) is 16.0 Å². The van der Waals surface area contributed by atoms with Gasteiger partial charge in [-0.1, -0.05) is 27.6 Å². The molecule has 0 bridgehead atoms. The lowest BCUT2D eigenvalue weighted by Gasteiger charge is -2.47. The number of hydrogen-bond donors (Lipinski definition) is 1. The number of esters is 1. The summed E-state index contributed by atoms with van der Waals surface area (Å²) in [5.74, 6) is -11.7. The van der Waals surface area contributed by atoms with Gasteiger partial charge >= 0.3 is 5.97 Å². The second kappa shape index (κ2) is 9.56. The third-order valence-corrected chi connectivity index (χ3v) is 4.62. The third-order valence-electron chi connectivity index (χ3n) is 4.62. The maximum Gasteiger partial charge on any atom is 0.323 e. The van der Waals surface area contributed by atoms with Gasteiger partial charge in [-0.15, -0.1) is 0 Å². The Hall–Kier alpha value is -1.79. The minimum absolute atomic E-state index is 0.257. The number of nitrogens with zero attached hydrogens (tertiary/aromatic N) is 1. The van der Waals surface area contributed by atoms with Gasteiger partial charge in [0.1, 0.15) is 12.1 Å². The SMILES string of the molecule is [2H]c1c2c(c([2H])c(OC)c1OC([2H])([2H])[2H])C1([2H])N(CC2)C([2H])([2H])C([2H])(C([2H])([2H])C([2H])(C)C([2H])([2H])[2H])C([2H])(OC(=O)[C@@H](N)C(C)C)C1([2H])[2H]. The van der Waals surface area contributed by atoms with Crippen LogP contribution in [0.3, 0.4) is 0 Å². The fraction of sp³-hybridized carbons (Fsp3) is 0.708. The van der Waals surface area contributed by atoms with E-state index in [1.54, 1.807) is 0 Å². The highest BCUT2D eigenvalue weighted by atomic mass is 16.5. The molecular formula is C24H38N2O4. The number of nitrogens with two attached hydrogens (primary N) is 1. The Morgan fingerprint density at radius 2 is 2.23 bits per heavy atom. The average Bonchev–Trinajstić information content (AvgIpc) is 2.91. The molecule has 1 aromatic carbocycles. The van der Waals surface area contributed by atoms with E-state index in [-0.39, 0.29) is 4.90 Å². The van der Waals surface area contributed by atoms with Crippen molar-refractivity contribution in [3.05, 3.63) is 23.2 Å². The topological polar surface area (TPSA) is 74.0 Å². The van der Waals surface area contributed by atoms with Crippen molar-refractivity contribution < 1.29 is 43.7 Å². The number of hydrogen-bond acceptors (Lipinski definition) is 6. The fourth-order valence-electron chi connectivity index (χ4n) is 2.96. The van der Waals surface area contributed by atoms with Crippen molar-refractivity contribution in [2.75, 3.05) is 27.2 Å². The van der Waals surface area contributed by atoms with Crippen molar-refractivity contribution in [2.24, 2.45) is 23.4 Å². The summed E-state index contributed by atoms with van der Waals surface area (Å²) in [6, 6.07) is -6.96. The van der Waals surface area contributed by atoms with Gasteiger partial charge in [0.2, 0.25) is 0 Å². The van der Waals surface area contributed by atoms with Crippen LogP contribution < -0.4 is 15.2 Å². The summed E-state index contributed by atoms with van der Waals surface area (Å²) in [6.07, 6.45) is -13.0. The predicted molar refractivity (Wildman–Crippen MR) is 118 cm³/mol. The summed E-state index contributed by atoms with van der Waals surface area (Å²) in [6.45, 7) is -5.06. The van der Waals surface area contributed by atoms with Crippen LogP contribution in [0.15, 0.2) is 12.1 Å². The van der Waals surface area contributed by atoms with Crippen molar-refractivity contribution in [3.63, 3.8) is 0 Å². The maximum atomic E-state index is 13.4. The van der Waals surface area contributed by atoms with Gasteiger partial charge < -0.3 is 19.9 Å². The number of rotatable bonds is 7. The number of ether oxygens (including phenoxy) is 3. The summed E-state index contributed by atoms with van der Waals surface area (Å²) in [5.41, 5.74) is 4.59. The summed E-state index contributed by atoms with van der Waals surface area (Å²) in [4.78, 5) is 13.6. The van der Waals surface area contributed by atoms with Gasteiger partial charge in [-0.3, -0.25) is 9.69 Å². The van der Waals surface area contributed by atoms with Crippen molar-refractivity contribution in [1.82, 2.24) is 4.90 Å². The van der Waals surface area contributed by atoms with E-state index >= 15 is 0 Å². The largest absolute Gasteiger partial charge is 0.493 e. The van der Waals surface area contributed by atoms with Gasteiger partial charge in [0, 0.05) is 46.4 Å². The molecule has 168 valence electrons. The highest BCUT2D eigenvalue weighted by Gasteiger charge is 2.41. The summed E-state index contributed by atoms with van der Waals surface area (Å²) in [5, 5.41) is 0. The molecule has 0 radical (unpaired) electrons. The van der Waals surface area contributed by atoms with Crippen molar-refractivity contribution in [3.8, 4) is 11.5 Å². The first kappa shape index (κ1) is 8.99. The smallest absolute Gasteiger partial charge is 0.323 e. The summed E-state index contributed by atoms with van der Waals surface area (Å²) >= 11 is 0. The highest BCUT2D eigenvalue weighted by Crippen LogP contribution is 2.44. The molecule has 3 rings (SSSR count). The van der Waals surface area contributed by atoms with Crippen LogP contribution in [0.2, 0.25) is 0 Å². The van der Waals surface area contributed by atoms with Crippen LogP contribution in [0.5, 0.6) is 11.5 Å². The molecule has 4 unspecified atom stereocenters. The van der Waals surface area contributed by atoms with Crippen molar-refractivity contribution in [2.45, 2.75) is 64.9 Å². The van der Waals surface area contributed by atoms with E-state index in [4.69, 9.17) is 35.0 Å². The van der Waals surface area contributed by atoms with E-state index in [0.29, 0.717) is 6.92 Å². The minimum atomic E-state index is -4.27. The van der Waals surface area contributed by atoms with E-state index < -0.39 is 123 Å². The monoisotopic (exact) mass is 436 g/mol. The van der Waals surface area contributed by atoms with Gasteiger partial charge in [0.15, 0.2) is 11.5 Å². The molecule has 1 aromatic rings. The summed E-state index contributed by atoms with van der Waals surface area (Å²) in [7, 11) is -2.24. The van der Waals surface area contributed by atoms with Crippen LogP contribution in [0.4, 0.5) is 0 Å². The lowest BCUT2D eigenvalue weighted by atomic mass is 9.79. The molecule has 30 heavy (non-hydrogen) atoms. The molecule has 6 heteroatoms. The zero-order valence-electron chi connectivity index (χ0n) is 35.2. The highest BCUT2D eigenvalue weighted by molar-refractivity contribution is 5.76. The van der Waals surface area contributed by atoms with E-state index in [1.807, 2.05) is 0 Å². The predicted octanol–water partition coefficient (Wildman–Crippen LogP) is 3.56.